The van der Waals surface area contributed by atoms with Crippen LogP contribution in [0.1, 0.15) is 32.3 Å². The molecule has 24 heavy (non-hydrogen) atoms. The molecule has 0 radical (unpaired) electrons. The summed E-state index contributed by atoms with van der Waals surface area (Å²) in [5.74, 6) is 0.984. The van der Waals surface area contributed by atoms with Crippen LogP contribution >= 0.6 is 23.4 Å². The van der Waals surface area contributed by atoms with Gasteiger partial charge in [-0.2, -0.15) is 0 Å². The van der Waals surface area contributed by atoms with Gasteiger partial charge in [-0.3, -0.25) is 9.29 Å². The van der Waals surface area contributed by atoms with E-state index in [1.807, 2.05) is 38.1 Å². The third-order valence-corrected chi connectivity index (χ3v) is 6.07. The first-order valence-electron chi connectivity index (χ1n) is 7.76. The zero-order valence-electron chi connectivity index (χ0n) is 13.7. The van der Waals surface area contributed by atoms with Gasteiger partial charge in [0.05, 0.1) is 5.75 Å². The molecule has 0 aliphatic heterocycles. The van der Waals surface area contributed by atoms with Crippen LogP contribution in [0.15, 0.2) is 29.4 Å². The topological polar surface area (TPSA) is 76.9 Å². The van der Waals surface area contributed by atoms with Crippen molar-refractivity contribution in [2.45, 2.75) is 44.1 Å². The summed E-state index contributed by atoms with van der Waals surface area (Å²) in [7, 11) is -3.39. The maximum absolute atomic E-state index is 12.0. The lowest BCUT2D eigenvalue weighted by molar-refractivity contribution is 0.596. The van der Waals surface area contributed by atoms with E-state index in [-0.39, 0.29) is 11.7 Å². The van der Waals surface area contributed by atoms with Crippen molar-refractivity contribution in [2.75, 3.05) is 10.5 Å². The van der Waals surface area contributed by atoms with Gasteiger partial charge in [-0.15, -0.1) is 10.2 Å². The first-order valence-corrected chi connectivity index (χ1v) is 10.8. The normalized spacial score (nSPS) is 11.6. The second-order valence-corrected chi connectivity index (χ2v) is 8.40. The molecule has 0 fully saturated rings. The van der Waals surface area contributed by atoms with E-state index < -0.39 is 10.0 Å². The second-order valence-electron chi connectivity index (χ2n) is 5.21. The molecule has 0 atom stereocenters. The Morgan fingerprint density at radius 1 is 1.25 bits per heavy atom. The molecule has 0 aliphatic carbocycles. The van der Waals surface area contributed by atoms with Gasteiger partial charge in [0, 0.05) is 17.3 Å². The van der Waals surface area contributed by atoms with E-state index in [9.17, 15) is 8.42 Å². The smallest absolute Gasteiger partial charge is 0.238 e. The van der Waals surface area contributed by atoms with Crippen molar-refractivity contribution >= 4 is 39.3 Å². The SMILES string of the molecule is CCCCS(=O)(=O)Nc1nnc(SCc2ccccc2Cl)n1CC. The molecule has 132 valence electrons. The van der Waals surface area contributed by atoms with Crippen LogP contribution in [0, 0.1) is 0 Å². The minimum atomic E-state index is -3.39. The molecule has 0 saturated heterocycles. The van der Waals surface area contributed by atoms with E-state index in [2.05, 4.69) is 14.9 Å². The van der Waals surface area contributed by atoms with Crippen molar-refractivity contribution in [3.63, 3.8) is 0 Å². The molecular formula is C15H21ClN4O2S2. The zero-order chi connectivity index (χ0) is 17.6. The third kappa shape index (κ3) is 5.12. The average Bonchev–Trinajstić information content (AvgIpc) is 2.93. The van der Waals surface area contributed by atoms with Crippen LogP contribution in [0.5, 0.6) is 0 Å². The molecule has 0 bridgehead atoms. The average molecular weight is 389 g/mol. The fourth-order valence-corrected chi connectivity index (χ4v) is 4.53. The van der Waals surface area contributed by atoms with Crippen molar-refractivity contribution in [2.24, 2.45) is 0 Å². The number of nitrogens with one attached hydrogen (secondary N) is 1. The molecule has 2 rings (SSSR count). The van der Waals surface area contributed by atoms with Crippen LogP contribution in [0.2, 0.25) is 5.02 Å². The molecule has 6 nitrogen and oxygen atoms in total. The van der Waals surface area contributed by atoms with Crippen molar-refractivity contribution in [3.05, 3.63) is 34.9 Å². The van der Waals surface area contributed by atoms with E-state index in [0.717, 1.165) is 12.0 Å². The van der Waals surface area contributed by atoms with Gasteiger partial charge in [-0.1, -0.05) is 54.9 Å². The molecule has 0 saturated carbocycles. The number of nitrogens with zero attached hydrogens (tertiary/aromatic N) is 3. The number of thioether (sulfide) groups is 1. The van der Waals surface area contributed by atoms with Crippen molar-refractivity contribution < 1.29 is 8.42 Å². The number of rotatable bonds is 9. The van der Waals surface area contributed by atoms with Crippen molar-refractivity contribution in [1.82, 2.24) is 14.8 Å². The van der Waals surface area contributed by atoms with Crippen LogP contribution in [0.4, 0.5) is 5.95 Å². The van der Waals surface area contributed by atoms with Crippen LogP contribution in [-0.4, -0.2) is 28.9 Å². The Hall–Kier alpha value is -1.25. The summed E-state index contributed by atoms with van der Waals surface area (Å²) < 4.78 is 28.4. The van der Waals surface area contributed by atoms with Gasteiger partial charge in [0.1, 0.15) is 0 Å². The van der Waals surface area contributed by atoms with Crippen molar-refractivity contribution in [1.29, 1.82) is 0 Å². The summed E-state index contributed by atoms with van der Waals surface area (Å²) in [5.41, 5.74) is 1.000. The number of benzene rings is 1. The van der Waals surface area contributed by atoms with Crippen molar-refractivity contribution in [3.8, 4) is 0 Å². The fraction of sp³-hybridized carbons (Fsp3) is 0.467. The van der Waals surface area contributed by atoms with Gasteiger partial charge >= 0.3 is 0 Å². The standard InChI is InChI=1S/C15H21ClN4O2S2/c1-3-5-10-24(21,22)19-14-17-18-15(20(14)4-2)23-11-12-8-6-7-9-13(12)16/h6-9H,3-5,10-11H2,1-2H3,(H,17,19). The Bertz CT molecular complexity index is 778. The molecule has 0 amide bonds. The predicted octanol–water partition coefficient (Wildman–Crippen LogP) is 3.79. The Kier molecular flexibility index (Phi) is 6.94. The number of aromatic nitrogens is 3. The zero-order valence-corrected chi connectivity index (χ0v) is 16.1. The van der Waals surface area contributed by atoms with Gasteiger partial charge in [-0.05, 0) is 25.0 Å². The third-order valence-electron chi connectivity index (χ3n) is 3.36. The van der Waals surface area contributed by atoms with E-state index in [1.54, 1.807) is 4.57 Å². The Morgan fingerprint density at radius 2 is 2.00 bits per heavy atom. The highest BCUT2D eigenvalue weighted by Crippen LogP contribution is 2.27. The van der Waals surface area contributed by atoms with Gasteiger partial charge < -0.3 is 0 Å². The van der Waals surface area contributed by atoms with Gasteiger partial charge in [0.2, 0.25) is 16.0 Å². The summed E-state index contributed by atoms with van der Waals surface area (Å²) in [6, 6.07) is 7.61. The quantitative estimate of drug-likeness (QED) is 0.661. The van der Waals surface area contributed by atoms with E-state index >= 15 is 0 Å². The molecular weight excluding hydrogens is 368 g/mol. The lowest BCUT2D eigenvalue weighted by Crippen LogP contribution is -2.19. The Morgan fingerprint density at radius 3 is 2.67 bits per heavy atom. The lowest BCUT2D eigenvalue weighted by atomic mass is 10.2. The molecule has 2 aromatic rings. The van der Waals surface area contributed by atoms with Gasteiger partial charge in [0.15, 0.2) is 5.16 Å². The van der Waals surface area contributed by atoms with Gasteiger partial charge in [-0.25, -0.2) is 8.42 Å². The molecule has 1 aromatic carbocycles. The number of hydrogen-bond donors (Lipinski definition) is 1. The summed E-state index contributed by atoms with van der Waals surface area (Å²) >= 11 is 7.63. The van der Waals surface area contributed by atoms with Crippen LogP contribution in [0.25, 0.3) is 0 Å². The number of sulfonamides is 1. The molecule has 1 aromatic heterocycles. The van der Waals surface area contributed by atoms with E-state index in [0.29, 0.717) is 28.9 Å². The highest BCUT2D eigenvalue weighted by atomic mass is 35.5. The first kappa shape index (κ1) is 19.1. The summed E-state index contributed by atoms with van der Waals surface area (Å²) in [4.78, 5) is 0. The van der Waals surface area contributed by atoms with Gasteiger partial charge in [0.25, 0.3) is 0 Å². The molecule has 0 spiro atoms. The summed E-state index contributed by atoms with van der Waals surface area (Å²) in [6.07, 6.45) is 1.43. The summed E-state index contributed by atoms with van der Waals surface area (Å²) in [5, 5.41) is 9.45. The number of unbranched alkanes of at least 4 members (excludes halogenated alkanes) is 1. The first-order chi connectivity index (χ1) is 11.5. The molecule has 9 heteroatoms. The monoisotopic (exact) mass is 388 g/mol. The number of hydrogen-bond acceptors (Lipinski definition) is 5. The molecule has 0 unspecified atom stereocenters. The highest BCUT2D eigenvalue weighted by molar-refractivity contribution is 7.98. The minimum Gasteiger partial charge on any atom is -0.288 e. The Labute approximate surface area is 152 Å². The molecule has 1 heterocycles. The maximum atomic E-state index is 12.0. The maximum Gasteiger partial charge on any atom is 0.238 e. The molecule has 0 aliphatic rings. The Balaban J connectivity index is 2.10. The minimum absolute atomic E-state index is 0.0855. The fourth-order valence-electron chi connectivity index (χ4n) is 2.04. The van der Waals surface area contributed by atoms with E-state index in [1.165, 1.54) is 11.8 Å². The summed E-state index contributed by atoms with van der Waals surface area (Å²) in [6.45, 7) is 4.45. The molecule has 1 N–H and O–H groups in total. The highest BCUT2D eigenvalue weighted by Gasteiger charge is 2.17. The number of halogens is 1. The lowest BCUT2D eigenvalue weighted by Gasteiger charge is -2.09. The van der Waals surface area contributed by atoms with Crippen LogP contribution < -0.4 is 4.72 Å². The number of anilines is 1. The second kappa shape index (κ2) is 8.73. The van der Waals surface area contributed by atoms with Crippen LogP contribution in [-0.2, 0) is 22.3 Å². The van der Waals surface area contributed by atoms with E-state index in [4.69, 9.17) is 11.6 Å². The predicted molar refractivity (Wildman–Crippen MR) is 99.0 cm³/mol. The van der Waals surface area contributed by atoms with Crippen LogP contribution in [0.3, 0.4) is 0 Å². The largest absolute Gasteiger partial charge is 0.288 e.